The lowest BCUT2D eigenvalue weighted by molar-refractivity contribution is -0.119. The maximum absolute atomic E-state index is 13.1. The number of benzene rings is 1. The quantitative estimate of drug-likeness (QED) is 0.619. The Morgan fingerprint density at radius 3 is 2.69 bits per heavy atom. The van der Waals surface area contributed by atoms with E-state index in [1.54, 1.807) is 0 Å². The predicted octanol–water partition coefficient (Wildman–Crippen LogP) is 1.64. The molecule has 0 atom stereocenters. The van der Waals surface area contributed by atoms with Gasteiger partial charge in [0.25, 0.3) is 12.5 Å². The van der Waals surface area contributed by atoms with Crippen molar-refractivity contribution in [3.8, 4) is 0 Å². The van der Waals surface area contributed by atoms with Crippen LogP contribution in [0.4, 0.5) is 13.2 Å². The number of carbonyl (C=O) groups is 1. The SMILES string of the molecule is [C-]#[N+]CC(=O)NCc1cc(F)cc(F)c1F. The number of amides is 1. The monoisotopic (exact) mass is 228 g/mol. The molecular formula is C10H7F3N2O. The van der Waals surface area contributed by atoms with Crippen molar-refractivity contribution in [1.82, 2.24) is 5.32 Å². The summed E-state index contributed by atoms with van der Waals surface area (Å²) in [5.41, 5.74) is -0.296. The number of hydrogen-bond donors (Lipinski definition) is 1. The Morgan fingerprint density at radius 2 is 2.06 bits per heavy atom. The van der Waals surface area contributed by atoms with Crippen LogP contribution in [-0.2, 0) is 11.3 Å². The summed E-state index contributed by atoms with van der Waals surface area (Å²) < 4.78 is 38.5. The summed E-state index contributed by atoms with van der Waals surface area (Å²) in [6.07, 6.45) is 0. The van der Waals surface area contributed by atoms with Gasteiger partial charge in [-0.25, -0.2) is 19.7 Å². The highest BCUT2D eigenvalue weighted by Crippen LogP contribution is 2.13. The summed E-state index contributed by atoms with van der Waals surface area (Å²) >= 11 is 0. The van der Waals surface area contributed by atoms with Gasteiger partial charge in [0.05, 0.1) is 0 Å². The second-order valence-electron chi connectivity index (χ2n) is 2.95. The molecule has 0 bridgehead atoms. The zero-order chi connectivity index (χ0) is 12.1. The zero-order valence-corrected chi connectivity index (χ0v) is 8.06. The smallest absolute Gasteiger partial charge is 0.300 e. The molecule has 0 aliphatic heterocycles. The molecule has 0 radical (unpaired) electrons. The van der Waals surface area contributed by atoms with Gasteiger partial charge in [-0.15, -0.1) is 0 Å². The van der Waals surface area contributed by atoms with Gasteiger partial charge in [-0.2, -0.15) is 0 Å². The molecule has 0 fully saturated rings. The van der Waals surface area contributed by atoms with Crippen LogP contribution in [0.15, 0.2) is 12.1 Å². The topological polar surface area (TPSA) is 33.5 Å². The summed E-state index contributed by atoms with van der Waals surface area (Å²) in [4.78, 5) is 13.7. The van der Waals surface area contributed by atoms with E-state index in [2.05, 4.69) is 10.2 Å². The van der Waals surface area contributed by atoms with Crippen molar-refractivity contribution in [3.05, 3.63) is 46.6 Å². The van der Waals surface area contributed by atoms with Gasteiger partial charge in [-0.1, -0.05) is 0 Å². The molecule has 84 valence electrons. The summed E-state index contributed by atoms with van der Waals surface area (Å²) in [5, 5.41) is 2.17. The van der Waals surface area contributed by atoms with Crippen molar-refractivity contribution in [2.24, 2.45) is 0 Å². The average molecular weight is 228 g/mol. The van der Waals surface area contributed by atoms with E-state index in [4.69, 9.17) is 6.57 Å². The van der Waals surface area contributed by atoms with Crippen molar-refractivity contribution < 1.29 is 18.0 Å². The van der Waals surface area contributed by atoms with E-state index in [0.29, 0.717) is 6.07 Å². The fourth-order valence-corrected chi connectivity index (χ4v) is 1.06. The number of halogens is 3. The van der Waals surface area contributed by atoms with Crippen molar-refractivity contribution >= 4 is 5.91 Å². The van der Waals surface area contributed by atoms with Gasteiger partial charge < -0.3 is 10.2 Å². The largest absolute Gasteiger partial charge is 0.345 e. The highest BCUT2D eigenvalue weighted by molar-refractivity contribution is 5.79. The van der Waals surface area contributed by atoms with Crippen LogP contribution in [-0.4, -0.2) is 12.5 Å². The molecule has 0 saturated heterocycles. The lowest BCUT2D eigenvalue weighted by Crippen LogP contribution is -2.25. The second kappa shape index (κ2) is 5.16. The minimum Gasteiger partial charge on any atom is -0.345 e. The third-order valence-electron chi connectivity index (χ3n) is 1.77. The van der Waals surface area contributed by atoms with E-state index in [1.165, 1.54) is 0 Å². The van der Waals surface area contributed by atoms with Gasteiger partial charge in [0.2, 0.25) is 0 Å². The van der Waals surface area contributed by atoms with Crippen molar-refractivity contribution in [2.45, 2.75) is 6.54 Å². The molecule has 0 saturated carbocycles. The summed E-state index contributed by atoms with van der Waals surface area (Å²) in [7, 11) is 0. The van der Waals surface area contributed by atoms with Crippen LogP contribution in [0.2, 0.25) is 0 Å². The normalized spacial score (nSPS) is 9.62. The van der Waals surface area contributed by atoms with Crippen LogP contribution in [0, 0.1) is 24.0 Å². The van der Waals surface area contributed by atoms with Crippen LogP contribution in [0.25, 0.3) is 4.85 Å². The fraction of sp³-hybridized carbons (Fsp3) is 0.200. The van der Waals surface area contributed by atoms with Crippen molar-refractivity contribution in [3.63, 3.8) is 0 Å². The maximum atomic E-state index is 13.1. The Balaban J connectivity index is 2.75. The molecule has 6 heteroatoms. The van der Waals surface area contributed by atoms with Crippen LogP contribution >= 0.6 is 0 Å². The average Bonchev–Trinajstić information content (AvgIpc) is 2.21. The van der Waals surface area contributed by atoms with E-state index in [-0.39, 0.29) is 12.1 Å². The molecule has 1 amide bonds. The fourth-order valence-electron chi connectivity index (χ4n) is 1.06. The first-order valence-corrected chi connectivity index (χ1v) is 4.28. The molecular weight excluding hydrogens is 221 g/mol. The van der Waals surface area contributed by atoms with Gasteiger partial charge in [-0.3, -0.25) is 4.79 Å². The molecule has 3 nitrogen and oxygen atoms in total. The van der Waals surface area contributed by atoms with Gasteiger partial charge in [0, 0.05) is 18.2 Å². The zero-order valence-electron chi connectivity index (χ0n) is 8.06. The Morgan fingerprint density at radius 1 is 1.38 bits per heavy atom. The minimum absolute atomic E-state index is 0.296. The first-order chi connectivity index (χ1) is 7.54. The number of hydrogen-bond acceptors (Lipinski definition) is 1. The molecule has 0 unspecified atom stereocenters. The number of rotatable bonds is 3. The van der Waals surface area contributed by atoms with E-state index in [1.807, 2.05) is 0 Å². The lowest BCUT2D eigenvalue weighted by Gasteiger charge is -2.04. The van der Waals surface area contributed by atoms with E-state index >= 15 is 0 Å². The molecule has 0 aliphatic carbocycles. The third-order valence-corrected chi connectivity index (χ3v) is 1.77. The van der Waals surface area contributed by atoms with Crippen molar-refractivity contribution in [2.75, 3.05) is 6.54 Å². The Hall–Kier alpha value is -2.03. The van der Waals surface area contributed by atoms with Gasteiger partial charge in [-0.05, 0) is 6.07 Å². The standard InChI is InChI=1S/C10H7F3N2O/c1-14-5-9(16)15-4-6-2-7(11)3-8(12)10(6)13/h2-3H,4-5H2,(H,15,16). The molecule has 0 heterocycles. The molecule has 0 aliphatic rings. The molecule has 16 heavy (non-hydrogen) atoms. The van der Waals surface area contributed by atoms with Gasteiger partial charge >= 0.3 is 0 Å². The Kier molecular flexibility index (Phi) is 3.89. The number of carbonyl (C=O) groups excluding carboxylic acids is 1. The van der Waals surface area contributed by atoms with E-state index in [0.717, 1.165) is 6.07 Å². The Labute approximate surface area is 89.7 Å². The van der Waals surface area contributed by atoms with Crippen LogP contribution in [0.1, 0.15) is 5.56 Å². The molecule has 0 spiro atoms. The molecule has 1 rings (SSSR count). The summed E-state index contributed by atoms with van der Waals surface area (Å²) in [6, 6.07) is 1.20. The van der Waals surface area contributed by atoms with E-state index < -0.39 is 29.9 Å². The predicted molar refractivity (Wildman–Crippen MR) is 49.6 cm³/mol. The van der Waals surface area contributed by atoms with Crippen LogP contribution in [0.5, 0.6) is 0 Å². The number of nitrogens with zero attached hydrogens (tertiary/aromatic N) is 1. The van der Waals surface area contributed by atoms with Crippen LogP contribution in [0.3, 0.4) is 0 Å². The van der Waals surface area contributed by atoms with E-state index in [9.17, 15) is 18.0 Å². The third kappa shape index (κ3) is 2.98. The Bertz CT molecular complexity index is 454. The highest BCUT2D eigenvalue weighted by Gasteiger charge is 2.12. The number of nitrogens with one attached hydrogen (secondary N) is 1. The van der Waals surface area contributed by atoms with Crippen LogP contribution < -0.4 is 5.32 Å². The molecule has 0 aromatic heterocycles. The molecule has 1 aromatic carbocycles. The summed E-state index contributed by atoms with van der Waals surface area (Å²) in [5.74, 6) is -4.06. The first-order valence-electron chi connectivity index (χ1n) is 4.28. The second-order valence-corrected chi connectivity index (χ2v) is 2.95. The van der Waals surface area contributed by atoms with Gasteiger partial charge in [0.15, 0.2) is 11.6 Å². The summed E-state index contributed by atoms with van der Waals surface area (Å²) in [6.45, 7) is 5.64. The first kappa shape index (κ1) is 12.0. The lowest BCUT2D eigenvalue weighted by atomic mass is 10.2. The highest BCUT2D eigenvalue weighted by atomic mass is 19.2. The maximum Gasteiger partial charge on any atom is 0.300 e. The minimum atomic E-state index is -1.31. The molecule has 1 N–H and O–H groups in total. The van der Waals surface area contributed by atoms with Crippen molar-refractivity contribution in [1.29, 1.82) is 0 Å². The molecule has 1 aromatic rings. The van der Waals surface area contributed by atoms with Gasteiger partial charge in [0.1, 0.15) is 5.82 Å².